The van der Waals surface area contributed by atoms with E-state index in [0.29, 0.717) is 11.7 Å². The summed E-state index contributed by atoms with van der Waals surface area (Å²) < 4.78 is 1.46. The number of aromatic nitrogens is 3. The first kappa shape index (κ1) is 13.8. The molecule has 7 nitrogen and oxygen atoms in total. The summed E-state index contributed by atoms with van der Waals surface area (Å²) in [7, 11) is 1.95. The van der Waals surface area contributed by atoms with Gasteiger partial charge in [-0.1, -0.05) is 18.7 Å². The molecule has 1 heterocycles. The molecule has 96 valence electrons. The minimum atomic E-state index is -0.928. The van der Waals surface area contributed by atoms with E-state index >= 15 is 0 Å². The molecule has 0 aliphatic rings. The third-order valence-electron chi connectivity index (χ3n) is 2.29. The lowest BCUT2D eigenvalue weighted by atomic mass is 10.5. The molecule has 0 unspecified atom stereocenters. The first-order valence-electron chi connectivity index (χ1n) is 5.23. The zero-order chi connectivity index (χ0) is 12.8. The highest BCUT2D eigenvalue weighted by Crippen LogP contribution is 2.12. The third kappa shape index (κ3) is 4.23. The molecule has 1 aromatic heterocycles. The smallest absolute Gasteiger partial charge is 0.344 e. The minimum Gasteiger partial charge on any atom is -0.481 e. The molecule has 1 rings (SSSR count). The number of nitrogens with zero attached hydrogens (tertiary/aromatic N) is 3. The number of carboxylic acid groups (broad SMARTS) is 1. The summed E-state index contributed by atoms with van der Waals surface area (Å²) in [6.07, 6.45) is 0. The van der Waals surface area contributed by atoms with Crippen LogP contribution in [0.25, 0.3) is 0 Å². The number of hydrogen-bond acceptors (Lipinski definition) is 5. The largest absolute Gasteiger partial charge is 0.481 e. The lowest BCUT2D eigenvalue weighted by molar-refractivity contribution is -0.133. The predicted octanol–water partition coefficient (Wildman–Crippen LogP) is -0.300. The number of H-pyrrole nitrogens is 1. The van der Waals surface area contributed by atoms with Crippen LogP contribution in [0.2, 0.25) is 0 Å². The standard InChI is InChI=1S/C9H16N4O3S/c1-3-12(2)4-5-13-8(16)10-11-9(13)17-6-7(14)15/h3-6H2,1-2H3,(H,10,16)(H,14,15). The topological polar surface area (TPSA) is 91.2 Å². The van der Waals surface area contributed by atoms with E-state index in [-0.39, 0.29) is 11.4 Å². The molecule has 0 atom stereocenters. The number of carboxylic acids is 1. The van der Waals surface area contributed by atoms with Gasteiger partial charge in [0.25, 0.3) is 0 Å². The summed E-state index contributed by atoms with van der Waals surface area (Å²) in [6.45, 7) is 4.14. The van der Waals surface area contributed by atoms with Gasteiger partial charge in [0.1, 0.15) is 0 Å². The number of hydrogen-bond donors (Lipinski definition) is 2. The number of nitrogens with one attached hydrogen (secondary N) is 1. The zero-order valence-electron chi connectivity index (χ0n) is 9.84. The van der Waals surface area contributed by atoms with Gasteiger partial charge in [0.15, 0.2) is 5.16 Å². The Morgan fingerprint density at radius 3 is 2.94 bits per heavy atom. The van der Waals surface area contributed by atoms with Crippen LogP contribution in [0.1, 0.15) is 6.92 Å². The molecule has 0 saturated heterocycles. The summed E-state index contributed by atoms with van der Waals surface area (Å²) in [5.41, 5.74) is -0.303. The van der Waals surface area contributed by atoms with Crippen molar-refractivity contribution in [1.82, 2.24) is 19.7 Å². The molecule has 0 aliphatic carbocycles. The molecular weight excluding hydrogens is 244 g/mol. The number of aliphatic carboxylic acids is 1. The van der Waals surface area contributed by atoms with Gasteiger partial charge >= 0.3 is 11.7 Å². The van der Waals surface area contributed by atoms with Gasteiger partial charge in [-0.05, 0) is 13.6 Å². The number of thioether (sulfide) groups is 1. The van der Waals surface area contributed by atoms with Crippen LogP contribution in [0.3, 0.4) is 0 Å². The Kier molecular flexibility index (Phi) is 5.23. The van der Waals surface area contributed by atoms with Gasteiger partial charge in [0.05, 0.1) is 5.75 Å². The van der Waals surface area contributed by atoms with Crippen molar-refractivity contribution in [2.75, 3.05) is 25.9 Å². The lowest BCUT2D eigenvalue weighted by Gasteiger charge is -2.13. The van der Waals surface area contributed by atoms with Crippen molar-refractivity contribution in [3.63, 3.8) is 0 Å². The average molecular weight is 260 g/mol. The quantitative estimate of drug-likeness (QED) is 0.654. The van der Waals surface area contributed by atoms with Crippen molar-refractivity contribution in [3.05, 3.63) is 10.5 Å². The van der Waals surface area contributed by atoms with Crippen LogP contribution in [0, 0.1) is 0 Å². The molecule has 0 spiro atoms. The Morgan fingerprint density at radius 2 is 2.35 bits per heavy atom. The van der Waals surface area contributed by atoms with Gasteiger partial charge in [-0.15, -0.1) is 5.10 Å². The number of likely N-dealkylation sites (N-methyl/N-ethyl adjacent to an activating group) is 1. The minimum absolute atomic E-state index is 0.103. The van der Waals surface area contributed by atoms with Gasteiger partial charge < -0.3 is 10.0 Å². The van der Waals surface area contributed by atoms with E-state index in [0.717, 1.165) is 24.9 Å². The highest BCUT2D eigenvalue weighted by molar-refractivity contribution is 7.99. The van der Waals surface area contributed by atoms with Gasteiger partial charge in [0.2, 0.25) is 0 Å². The Bertz CT molecular complexity index is 428. The van der Waals surface area contributed by atoms with E-state index in [1.807, 2.05) is 14.0 Å². The molecule has 0 saturated carbocycles. The molecule has 0 bridgehead atoms. The summed E-state index contributed by atoms with van der Waals surface area (Å²) in [6, 6.07) is 0. The highest BCUT2D eigenvalue weighted by atomic mass is 32.2. The number of aromatic amines is 1. The Morgan fingerprint density at radius 1 is 1.65 bits per heavy atom. The van der Waals surface area contributed by atoms with Crippen molar-refractivity contribution < 1.29 is 9.90 Å². The van der Waals surface area contributed by atoms with Crippen molar-refractivity contribution >= 4 is 17.7 Å². The van der Waals surface area contributed by atoms with Crippen molar-refractivity contribution in [2.45, 2.75) is 18.6 Å². The molecule has 0 radical (unpaired) electrons. The maximum Gasteiger partial charge on any atom is 0.344 e. The molecule has 0 aliphatic heterocycles. The highest BCUT2D eigenvalue weighted by Gasteiger charge is 2.10. The fourth-order valence-electron chi connectivity index (χ4n) is 1.17. The Balaban J connectivity index is 2.66. The van der Waals surface area contributed by atoms with E-state index < -0.39 is 5.97 Å². The fraction of sp³-hybridized carbons (Fsp3) is 0.667. The van der Waals surface area contributed by atoms with Gasteiger partial charge in [-0.3, -0.25) is 9.36 Å². The van der Waals surface area contributed by atoms with Crippen LogP contribution in [0.15, 0.2) is 9.95 Å². The predicted molar refractivity (Wildman–Crippen MR) is 64.4 cm³/mol. The zero-order valence-corrected chi connectivity index (χ0v) is 10.7. The van der Waals surface area contributed by atoms with Crippen LogP contribution in [0.5, 0.6) is 0 Å². The second-order valence-electron chi connectivity index (χ2n) is 3.54. The van der Waals surface area contributed by atoms with Gasteiger partial charge in [-0.25, -0.2) is 9.89 Å². The second kappa shape index (κ2) is 6.45. The first-order chi connectivity index (χ1) is 8.04. The molecule has 0 fully saturated rings. The monoisotopic (exact) mass is 260 g/mol. The van der Waals surface area contributed by atoms with Crippen LogP contribution < -0.4 is 5.69 Å². The van der Waals surface area contributed by atoms with Crippen molar-refractivity contribution in [1.29, 1.82) is 0 Å². The first-order valence-corrected chi connectivity index (χ1v) is 6.21. The van der Waals surface area contributed by atoms with Crippen LogP contribution >= 0.6 is 11.8 Å². The molecule has 17 heavy (non-hydrogen) atoms. The lowest BCUT2D eigenvalue weighted by Crippen LogP contribution is -2.27. The molecule has 1 aromatic rings. The molecular formula is C9H16N4O3S. The summed E-state index contributed by atoms with van der Waals surface area (Å²) in [5.74, 6) is -1.03. The SMILES string of the molecule is CCN(C)CCn1c(SCC(=O)O)n[nH]c1=O. The Labute approximate surface area is 103 Å². The van der Waals surface area contributed by atoms with E-state index in [1.165, 1.54) is 4.57 Å². The number of carbonyl (C=O) groups is 1. The average Bonchev–Trinajstić information content (AvgIpc) is 2.64. The van der Waals surface area contributed by atoms with E-state index in [9.17, 15) is 9.59 Å². The van der Waals surface area contributed by atoms with Gasteiger partial charge in [0, 0.05) is 13.1 Å². The fourth-order valence-corrected chi connectivity index (χ4v) is 1.86. The van der Waals surface area contributed by atoms with Crippen LogP contribution in [0.4, 0.5) is 0 Å². The number of rotatable bonds is 7. The molecule has 8 heteroatoms. The van der Waals surface area contributed by atoms with E-state index in [1.54, 1.807) is 0 Å². The third-order valence-corrected chi connectivity index (χ3v) is 3.25. The summed E-state index contributed by atoms with van der Waals surface area (Å²) in [4.78, 5) is 24.0. The maximum atomic E-state index is 11.5. The molecule has 2 N–H and O–H groups in total. The van der Waals surface area contributed by atoms with Crippen LogP contribution in [-0.4, -0.2) is 56.6 Å². The van der Waals surface area contributed by atoms with Crippen molar-refractivity contribution in [2.24, 2.45) is 0 Å². The Hall–Kier alpha value is -1.28. The van der Waals surface area contributed by atoms with Crippen molar-refractivity contribution in [3.8, 4) is 0 Å². The summed E-state index contributed by atoms with van der Waals surface area (Å²) in [5, 5.41) is 15.1. The molecule has 0 aromatic carbocycles. The van der Waals surface area contributed by atoms with Gasteiger partial charge in [-0.2, -0.15) is 0 Å². The van der Waals surface area contributed by atoms with E-state index in [2.05, 4.69) is 15.1 Å². The summed E-state index contributed by atoms with van der Waals surface area (Å²) >= 11 is 1.04. The van der Waals surface area contributed by atoms with Crippen LogP contribution in [-0.2, 0) is 11.3 Å². The maximum absolute atomic E-state index is 11.5. The second-order valence-corrected chi connectivity index (χ2v) is 4.48. The van der Waals surface area contributed by atoms with E-state index in [4.69, 9.17) is 5.11 Å². The molecule has 0 amide bonds. The normalized spacial score (nSPS) is 11.0.